The van der Waals surface area contributed by atoms with Gasteiger partial charge in [0, 0.05) is 37.6 Å². The lowest BCUT2D eigenvalue weighted by atomic mass is 10.2. The largest absolute Gasteiger partial charge is 0.493 e. The number of nitrogens with zero attached hydrogens (tertiary/aromatic N) is 2. The van der Waals surface area contributed by atoms with E-state index >= 15 is 0 Å². The maximum absolute atomic E-state index is 13.3. The second-order valence-electron chi connectivity index (χ2n) is 7.11. The first kappa shape index (κ1) is 21.0. The number of benzene rings is 1. The van der Waals surface area contributed by atoms with Crippen LogP contribution in [0.3, 0.4) is 0 Å². The molecule has 0 bridgehead atoms. The van der Waals surface area contributed by atoms with Gasteiger partial charge in [0.25, 0.3) is 15.9 Å². The summed E-state index contributed by atoms with van der Waals surface area (Å²) in [4.78, 5) is 14.9. The van der Waals surface area contributed by atoms with Crippen LogP contribution < -0.4 is 14.2 Å². The van der Waals surface area contributed by atoms with Gasteiger partial charge in [-0.2, -0.15) is 0 Å². The van der Waals surface area contributed by atoms with Crippen LogP contribution in [0.1, 0.15) is 34.6 Å². The molecule has 1 saturated heterocycles. The monoisotopic (exact) mass is 421 g/mol. The Labute approximate surface area is 171 Å². The molecule has 0 aliphatic carbocycles. The predicted molar refractivity (Wildman–Crippen MR) is 110 cm³/mol. The molecule has 158 valence electrons. The summed E-state index contributed by atoms with van der Waals surface area (Å²) in [6, 6.07) is 4.76. The summed E-state index contributed by atoms with van der Waals surface area (Å²) >= 11 is 0. The van der Waals surface area contributed by atoms with Gasteiger partial charge in [-0.3, -0.25) is 9.52 Å². The third-order valence-corrected chi connectivity index (χ3v) is 6.98. The standard InChI is InChI=1S/C20H27N3O5S/c1-13-18(20(24)23-10-6-7-11-23)19(14(2)22(13)3)29(25,26)21-15-8-9-16(27-4)17(12-15)28-5/h8-9,12,21H,6-7,10-11H2,1-5H3. The lowest BCUT2D eigenvalue weighted by molar-refractivity contribution is 0.0788. The fraction of sp³-hybridized carbons (Fsp3) is 0.450. The van der Waals surface area contributed by atoms with Crippen molar-refractivity contribution in [3.63, 3.8) is 0 Å². The van der Waals surface area contributed by atoms with Crippen molar-refractivity contribution in [2.24, 2.45) is 7.05 Å². The number of ether oxygens (including phenoxy) is 2. The zero-order chi connectivity index (χ0) is 21.3. The SMILES string of the molecule is COc1ccc(NS(=O)(=O)c2c(C(=O)N3CCCC3)c(C)n(C)c2C)cc1OC. The number of hydrogen-bond acceptors (Lipinski definition) is 5. The fourth-order valence-corrected chi connectivity index (χ4v) is 5.25. The number of hydrogen-bond donors (Lipinski definition) is 1. The van der Waals surface area contributed by atoms with Crippen molar-refractivity contribution < 1.29 is 22.7 Å². The first-order valence-electron chi connectivity index (χ1n) is 9.41. The molecule has 8 nitrogen and oxygen atoms in total. The maximum Gasteiger partial charge on any atom is 0.264 e. The normalized spacial score (nSPS) is 14.2. The van der Waals surface area contributed by atoms with Gasteiger partial charge in [0.05, 0.1) is 25.5 Å². The Morgan fingerprint density at radius 2 is 1.66 bits per heavy atom. The van der Waals surface area contributed by atoms with Gasteiger partial charge in [0.1, 0.15) is 4.90 Å². The summed E-state index contributed by atoms with van der Waals surface area (Å²) in [5, 5.41) is 0. The second-order valence-corrected chi connectivity index (χ2v) is 8.73. The topological polar surface area (TPSA) is 89.9 Å². The van der Waals surface area contributed by atoms with Crippen LogP contribution in [0.15, 0.2) is 23.1 Å². The van der Waals surface area contributed by atoms with Gasteiger partial charge in [-0.15, -0.1) is 0 Å². The van der Waals surface area contributed by atoms with Crippen LogP contribution in [0.25, 0.3) is 0 Å². The zero-order valence-corrected chi connectivity index (χ0v) is 18.2. The third kappa shape index (κ3) is 3.78. The Morgan fingerprint density at radius 3 is 2.24 bits per heavy atom. The number of carbonyl (C=O) groups is 1. The van der Waals surface area contributed by atoms with E-state index in [0.29, 0.717) is 41.7 Å². The summed E-state index contributed by atoms with van der Waals surface area (Å²) in [5.74, 6) is 0.658. The van der Waals surface area contributed by atoms with E-state index in [1.165, 1.54) is 14.2 Å². The summed E-state index contributed by atoms with van der Waals surface area (Å²) < 4.78 is 41.4. The molecule has 1 aliphatic heterocycles. The second kappa shape index (κ2) is 7.98. The van der Waals surface area contributed by atoms with Gasteiger partial charge < -0.3 is 18.9 Å². The molecule has 0 radical (unpaired) electrons. The summed E-state index contributed by atoms with van der Waals surface area (Å²) in [6.07, 6.45) is 1.87. The number of sulfonamides is 1. The molecule has 0 atom stereocenters. The van der Waals surface area contributed by atoms with Gasteiger partial charge >= 0.3 is 0 Å². The summed E-state index contributed by atoms with van der Waals surface area (Å²) in [5.41, 5.74) is 1.70. The molecule has 1 aromatic heterocycles. The van der Waals surface area contributed by atoms with Crippen molar-refractivity contribution in [2.45, 2.75) is 31.6 Å². The number of aromatic nitrogens is 1. The van der Waals surface area contributed by atoms with Crippen molar-refractivity contribution >= 4 is 21.6 Å². The van der Waals surface area contributed by atoms with Crippen LogP contribution in [0, 0.1) is 13.8 Å². The fourth-order valence-electron chi connectivity index (χ4n) is 3.68. The zero-order valence-electron chi connectivity index (χ0n) is 17.4. The van der Waals surface area contributed by atoms with Crippen molar-refractivity contribution in [1.82, 2.24) is 9.47 Å². The van der Waals surface area contributed by atoms with E-state index in [-0.39, 0.29) is 16.4 Å². The number of anilines is 1. The number of likely N-dealkylation sites (tertiary alicyclic amines) is 1. The predicted octanol–water partition coefficient (Wildman–Crippen LogP) is 2.70. The van der Waals surface area contributed by atoms with Crippen LogP contribution in [0.5, 0.6) is 11.5 Å². The van der Waals surface area contributed by atoms with E-state index in [9.17, 15) is 13.2 Å². The third-order valence-electron chi connectivity index (χ3n) is 5.44. The molecular weight excluding hydrogens is 394 g/mol. The summed E-state index contributed by atoms with van der Waals surface area (Å²) in [6.45, 7) is 4.77. The van der Waals surface area contributed by atoms with Crippen LogP contribution >= 0.6 is 0 Å². The lowest BCUT2D eigenvalue weighted by Gasteiger charge is -2.17. The highest BCUT2D eigenvalue weighted by atomic mass is 32.2. The number of rotatable bonds is 6. The average Bonchev–Trinajstić information content (AvgIpc) is 3.30. The van der Waals surface area contributed by atoms with E-state index in [0.717, 1.165) is 12.8 Å². The van der Waals surface area contributed by atoms with Crippen LogP contribution in [0.4, 0.5) is 5.69 Å². The quantitative estimate of drug-likeness (QED) is 0.775. The van der Waals surface area contributed by atoms with Gasteiger partial charge in [-0.05, 0) is 38.8 Å². The van der Waals surface area contributed by atoms with Crippen molar-refractivity contribution in [3.8, 4) is 11.5 Å². The molecular formula is C20H27N3O5S. The lowest BCUT2D eigenvalue weighted by Crippen LogP contribution is -2.30. The molecule has 0 saturated carbocycles. The Hall–Kier alpha value is -2.68. The van der Waals surface area contributed by atoms with Crippen LogP contribution in [-0.4, -0.2) is 51.1 Å². The Bertz CT molecular complexity index is 1040. The number of nitrogens with one attached hydrogen (secondary N) is 1. The molecule has 2 heterocycles. The molecule has 0 unspecified atom stereocenters. The van der Waals surface area contributed by atoms with Crippen molar-refractivity contribution in [3.05, 3.63) is 35.2 Å². The highest BCUT2D eigenvalue weighted by Crippen LogP contribution is 2.33. The number of carbonyl (C=O) groups excluding carboxylic acids is 1. The van der Waals surface area contributed by atoms with E-state index in [2.05, 4.69) is 4.72 Å². The minimum atomic E-state index is -4.01. The molecule has 1 aromatic carbocycles. The van der Waals surface area contributed by atoms with Crippen molar-refractivity contribution in [1.29, 1.82) is 0 Å². The van der Waals surface area contributed by atoms with Gasteiger partial charge in [0.2, 0.25) is 0 Å². The van der Waals surface area contributed by atoms with E-state index in [4.69, 9.17) is 9.47 Å². The molecule has 1 amide bonds. The number of amides is 1. The molecule has 9 heteroatoms. The smallest absolute Gasteiger partial charge is 0.264 e. The maximum atomic E-state index is 13.3. The molecule has 1 fully saturated rings. The minimum Gasteiger partial charge on any atom is -0.493 e. The van der Waals surface area contributed by atoms with Gasteiger partial charge in [-0.1, -0.05) is 0 Å². The van der Waals surface area contributed by atoms with E-state index in [1.807, 2.05) is 0 Å². The Balaban J connectivity index is 2.05. The molecule has 0 spiro atoms. The molecule has 29 heavy (non-hydrogen) atoms. The molecule has 3 rings (SSSR count). The minimum absolute atomic E-state index is 0.0178. The van der Waals surface area contributed by atoms with Gasteiger partial charge in [-0.25, -0.2) is 8.42 Å². The first-order chi connectivity index (χ1) is 13.7. The average molecular weight is 422 g/mol. The highest BCUT2D eigenvalue weighted by molar-refractivity contribution is 7.92. The molecule has 2 aromatic rings. The molecule has 1 N–H and O–H groups in total. The van der Waals surface area contributed by atoms with E-state index in [1.54, 1.807) is 48.6 Å². The van der Waals surface area contributed by atoms with Crippen molar-refractivity contribution in [2.75, 3.05) is 32.0 Å². The van der Waals surface area contributed by atoms with Gasteiger partial charge in [0.15, 0.2) is 11.5 Å². The Morgan fingerprint density at radius 1 is 1.03 bits per heavy atom. The number of methoxy groups -OCH3 is 2. The highest BCUT2D eigenvalue weighted by Gasteiger charge is 2.33. The molecule has 1 aliphatic rings. The van der Waals surface area contributed by atoms with Crippen LogP contribution in [0.2, 0.25) is 0 Å². The van der Waals surface area contributed by atoms with E-state index < -0.39 is 10.0 Å². The Kier molecular flexibility index (Phi) is 5.79. The first-order valence-corrected chi connectivity index (χ1v) is 10.9. The van der Waals surface area contributed by atoms with Crippen LogP contribution in [-0.2, 0) is 17.1 Å². The summed E-state index contributed by atoms with van der Waals surface area (Å²) in [7, 11) is 0.742.